The van der Waals surface area contributed by atoms with E-state index in [0.717, 1.165) is 18.8 Å². The summed E-state index contributed by atoms with van der Waals surface area (Å²) in [7, 11) is 1.58. The van der Waals surface area contributed by atoms with Crippen LogP contribution in [0.5, 0.6) is 5.88 Å². The van der Waals surface area contributed by atoms with Crippen molar-refractivity contribution in [2.24, 2.45) is 0 Å². The van der Waals surface area contributed by atoms with Gasteiger partial charge < -0.3 is 10.1 Å². The number of nitrogens with zero attached hydrogens (tertiary/aromatic N) is 2. The average molecular weight is 191 g/mol. The van der Waals surface area contributed by atoms with Crippen molar-refractivity contribution in [1.29, 1.82) is 0 Å². The Balaban J connectivity index is 2.44. The number of hydrogen-bond donors (Lipinski definition) is 1. The third-order valence-corrected chi connectivity index (χ3v) is 1.58. The molecule has 0 unspecified atom stereocenters. The summed E-state index contributed by atoms with van der Waals surface area (Å²) in [6, 6.07) is 1.75. The van der Waals surface area contributed by atoms with Crippen LogP contribution in [0.3, 0.4) is 0 Å². The van der Waals surface area contributed by atoms with Crippen LogP contribution < -0.4 is 10.1 Å². The lowest BCUT2D eigenvalue weighted by Crippen LogP contribution is -2.03. The number of hydrogen-bond acceptors (Lipinski definition) is 4. The van der Waals surface area contributed by atoms with E-state index in [1.165, 1.54) is 6.33 Å². The Morgan fingerprint density at radius 2 is 2.36 bits per heavy atom. The summed E-state index contributed by atoms with van der Waals surface area (Å²) >= 11 is 0. The second-order valence-corrected chi connectivity index (χ2v) is 2.55. The van der Waals surface area contributed by atoms with Crippen LogP contribution >= 0.6 is 0 Å². The molecule has 0 fully saturated rings. The molecule has 0 aromatic carbocycles. The Hall–Kier alpha value is -1.76. The van der Waals surface area contributed by atoms with Gasteiger partial charge in [-0.05, 0) is 6.92 Å². The highest BCUT2D eigenvalue weighted by molar-refractivity contribution is 5.36. The van der Waals surface area contributed by atoms with Gasteiger partial charge >= 0.3 is 0 Å². The lowest BCUT2D eigenvalue weighted by Gasteiger charge is -2.03. The zero-order valence-corrected chi connectivity index (χ0v) is 8.37. The summed E-state index contributed by atoms with van der Waals surface area (Å²) in [6.45, 7) is 2.61. The molecule has 1 N–H and O–H groups in total. The second kappa shape index (κ2) is 5.81. The number of ether oxygens (including phenoxy) is 1. The molecule has 74 valence electrons. The van der Waals surface area contributed by atoms with Crippen molar-refractivity contribution in [2.45, 2.75) is 13.3 Å². The van der Waals surface area contributed by atoms with Gasteiger partial charge in [0.05, 0.1) is 7.11 Å². The van der Waals surface area contributed by atoms with Gasteiger partial charge in [0, 0.05) is 19.0 Å². The van der Waals surface area contributed by atoms with E-state index in [4.69, 9.17) is 4.74 Å². The lowest BCUT2D eigenvalue weighted by atomic mass is 10.4. The first-order valence-electron chi connectivity index (χ1n) is 4.36. The topological polar surface area (TPSA) is 47.0 Å². The molecule has 0 aliphatic carbocycles. The largest absolute Gasteiger partial charge is 0.481 e. The molecular formula is C10H13N3O. The molecule has 0 atom stereocenters. The molecule has 4 heteroatoms. The van der Waals surface area contributed by atoms with E-state index in [9.17, 15) is 0 Å². The van der Waals surface area contributed by atoms with Crippen LogP contribution in [0.2, 0.25) is 0 Å². The molecule has 0 spiro atoms. The van der Waals surface area contributed by atoms with Crippen molar-refractivity contribution in [3.05, 3.63) is 12.4 Å². The second-order valence-electron chi connectivity index (χ2n) is 2.55. The molecule has 1 aromatic heterocycles. The van der Waals surface area contributed by atoms with Crippen LogP contribution in [0.25, 0.3) is 0 Å². The SMILES string of the molecule is CC#CCCNc1cc(OC)ncn1. The molecule has 0 bridgehead atoms. The standard InChI is InChI=1S/C10H13N3O/c1-3-4-5-6-11-9-7-10(14-2)13-8-12-9/h7-8H,5-6H2,1-2H3,(H,11,12,13). The van der Waals surface area contributed by atoms with Gasteiger partial charge in [0.2, 0.25) is 5.88 Å². The Labute approximate surface area is 83.7 Å². The third kappa shape index (κ3) is 3.31. The fourth-order valence-electron chi connectivity index (χ4n) is 0.926. The van der Waals surface area contributed by atoms with E-state index in [2.05, 4.69) is 27.1 Å². The summed E-state index contributed by atoms with van der Waals surface area (Å²) in [4.78, 5) is 7.94. The first-order valence-corrected chi connectivity index (χ1v) is 4.36. The molecule has 1 heterocycles. The first kappa shape index (κ1) is 10.3. The molecule has 0 aliphatic heterocycles. The average Bonchev–Trinajstić information content (AvgIpc) is 2.25. The predicted octanol–water partition coefficient (Wildman–Crippen LogP) is 1.31. The molecular weight excluding hydrogens is 178 g/mol. The molecule has 1 aromatic rings. The molecule has 0 aliphatic rings. The van der Waals surface area contributed by atoms with Crippen molar-refractivity contribution in [1.82, 2.24) is 9.97 Å². The minimum atomic E-state index is 0.559. The smallest absolute Gasteiger partial charge is 0.218 e. The lowest BCUT2D eigenvalue weighted by molar-refractivity contribution is 0.397. The van der Waals surface area contributed by atoms with Crippen LogP contribution in [0, 0.1) is 11.8 Å². The van der Waals surface area contributed by atoms with Gasteiger partial charge in [-0.1, -0.05) is 0 Å². The first-order chi connectivity index (χ1) is 6.86. The van der Waals surface area contributed by atoms with Crippen LogP contribution in [-0.4, -0.2) is 23.6 Å². The fraction of sp³-hybridized carbons (Fsp3) is 0.400. The number of aromatic nitrogens is 2. The fourth-order valence-corrected chi connectivity index (χ4v) is 0.926. The number of rotatable bonds is 4. The highest BCUT2D eigenvalue weighted by Gasteiger charge is 1.95. The van der Waals surface area contributed by atoms with Crippen LogP contribution in [0.4, 0.5) is 5.82 Å². The highest BCUT2D eigenvalue weighted by Crippen LogP contribution is 2.09. The van der Waals surface area contributed by atoms with Crippen molar-refractivity contribution in [2.75, 3.05) is 19.0 Å². The van der Waals surface area contributed by atoms with E-state index in [1.54, 1.807) is 13.2 Å². The minimum Gasteiger partial charge on any atom is -0.481 e. The zero-order chi connectivity index (χ0) is 10.2. The monoisotopic (exact) mass is 191 g/mol. The summed E-state index contributed by atoms with van der Waals surface area (Å²) in [5.41, 5.74) is 0. The maximum Gasteiger partial charge on any atom is 0.218 e. The van der Waals surface area contributed by atoms with Gasteiger partial charge in [0.15, 0.2) is 0 Å². The highest BCUT2D eigenvalue weighted by atomic mass is 16.5. The van der Waals surface area contributed by atoms with Gasteiger partial charge in [-0.15, -0.1) is 11.8 Å². The van der Waals surface area contributed by atoms with E-state index >= 15 is 0 Å². The van der Waals surface area contributed by atoms with Gasteiger partial charge in [-0.2, -0.15) is 0 Å². The molecule has 0 amide bonds. The van der Waals surface area contributed by atoms with Gasteiger partial charge in [-0.25, -0.2) is 9.97 Å². The molecule has 14 heavy (non-hydrogen) atoms. The quantitative estimate of drug-likeness (QED) is 0.575. The molecule has 0 radical (unpaired) electrons. The summed E-state index contributed by atoms with van der Waals surface area (Å²) in [5.74, 6) is 7.11. The van der Waals surface area contributed by atoms with Crippen molar-refractivity contribution in [3.8, 4) is 17.7 Å². The minimum absolute atomic E-state index is 0.559. The zero-order valence-electron chi connectivity index (χ0n) is 8.37. The molecule has 0 saturated carbocycles. The predicted molar refractivity (Wildman–Crippen MR) is 55.1 cm³/mol. The number of methoxy groups -OCH3 is 1. The maximum absolute atomic E-state index is 4.96. The van der Waals surface area contributed by atoms with Gasteiger partial charge in [0.25, 0.3) is 0 Å². The number of nitrogens with one attached hydrogen (secondary N) is 1. The van der Waals surface area contributed by atoms with Crippen molar-refractivity contribution >= 4 is 5.82 Å². The van der Waals surface area contributed by atoms with E-state index in [-0.39, 0.29) is 0 Å². The Morgan fingerprint density at radius 3 is 3.07 bits per heavy atom. The van der Waals surface area contributed by atoms with Crippen LogP contribution in [0.15, 0.2) is 12.4 Å². The van der Waals surface area contributed by atoms with Crippen LogP contribution in [0.1, 0.15) is 13.3 Å². The molecule has 1 rings (SSSR count). The van der Waals surface area contributed by atoms with Crippen LogP contribution in [-0.2, 0) is 0 Å². The summed E-state index contributed by atoms with van der Waals surface area (Å²) in [6.07, 6.45) is 2.27. The van der Waals surface area contributed by atoms with E-state index in [1.807, 2.05) is 6.92 Å². The van der Waals surface area contributed by atoms with Gasteiger partial charge in [0.1, 0.15) is 12.1 Å². The Bertz CT molecular complexity index is 341. The molecule has 4 nitrogen and oxygen atoms in total. The normalized spacial score (nSPS) is 8.71. The summed E-state index contributed by atoms with van der Waals surface area (Å²) < 4.78 is 4.96. The van der Waals surface area contributed by atoms with Gasteiger partial charge in [-0.3, -0.25) is 0 Å². The van der Waals surface area contributed by atoms with Crippen molar-refractivity contribution in [3.63, 3.8) is 0 Å². The Kier molecular flexibility index (Phi) is 4.29. The molecule has 0 saturated heterocycles. The summed E-state index contributed by atoms with van der Waals surface area (Å²) in [5, 5.41) is 3.12. The van der Waals surface area contributed by atoms with E-state index < -0.39 is 0 Å². The Morgan fingerprint density at radius 1 is 1.50 bits per heavy atom. The van der Waals surface area contributed by atoms with Crippen molar-refractivity contribution < 1.29 is 4.74 Å². The number of anilines is 1. The van der Waals surface area contributed by atoms with E-state index in [0.29, 0.717) is 5.88 Å². The third-order valence-electron chi connectivity index (χ3n) is 1.58. The maximum atomic E-state index is 4.96.